The Bertz CT molecular complexity index is 1400. The maximum Gasteiger partial charge on any atom is 0.318 e. The maximum absolute atomic E-state index is 12.0. The highest BCUT2D eigenvalue weighted by atomic mass is 32.2. The van der Waals surface area contributed by atoms with Crippen molar-refractivity contribution >= 4 is 51.7 Å². The average molecular weight is 497 g/mol. The minimum atomic E-state index is -0.727. The van der Waals surface area contributed by atoms with E-state index in [4.69, 9.17) is 17.0 Å². The van der Waals surface area contributed by atoms with Gasteiger partial charge in [0.15, 0.2) is 0 Å². The lowest BCUT2D eigenvalue weighted by Gasteiger charge is -2.11. The minimum absolute atomic E-state index is 0.101. The number of aryl methyl sites for hydroxylation is 1. The van der Waals surface area contributed by atoms with Gasteiger partial charge in [-0.15, -0.1) is 0 Å². The second kappa shape index (κ2) is 9.08. The summed E-state index contributed by atoms with van der Waals surface area (Å²) in [4.78, 5) is 33.3. The molecule has 1 N–H and O–H groups in total. The van der Waals surface area contributed by atoms with Crippen molar-refractivity contribution in [2.75, 3.05) is 0 Å². The molecule has 34 heavy (non-hydrogen) atoms. The van der Waals surface area contributed by atoms with Crippen molar-refractivity contribution in [3.8, 4) is 17.2 Å². The SMILES string of the molecule is Cc1cc(/C=C2\SC(=S)NC2=O)c(C)n1-c1ccc(Oc2ccc([N+](=O)[O-])cc2[N+](=O)[O-])cc1. The summed E-state index contributed by atoms with van der Waals surface area (Å²) in [6, 6.07) is 12.0. The maximum atomic E-state index is 12.0. The third kappa shape index (κ3) is 4.54. The monoisotopic (exact) mass is 496 g/mol. The molecule has 0 saturated carbocycles. The number of ether oxygens (including phenoxy) is 1. The standard InChI is InChI=1S/C22H16N4O6S2/c1-12-9-14(10-20-21(27)23-22(33)34-20)13(2)24(12)15-3-6-17(7-4-15)32-19-8-5-16(25(28)29)11-18(19)26(30)31/h3-11H,1-2H3,(H,23,27,33)/b20-10-. The summed E-state index contributed by atoms with van der Waals surface area (Å²) in [5.74, 6) is 0.00975. The Balaban J connectivity index is 1.61. The van der Waals surface area contributed by atoms with Gasteiger partial charge in [-0.1, -0.05) is 24.0 Å². The van der Waals surface area contributed by atoms with Crippen molar-refractivity contribution in [1.82, 2.24) is 9.88 Å². The van der Waals surface area contributed by atoms with Crippen LogP contribution in [0, 0.1) is 34.1 Å². The number of nitrogens with one attached hydrogen (secondary N) is 1. The average Bonchev–Trinajstić information content (AvgIpc) is 3.25. The Morgan fingerprint density at radius 3 is 2.35 bits per heavy atom. The van der Waals surface area contributed by atoms with Crippen LogP contribution in [0.4, 0.5) is 11.4 Å². The summed E-state index contributed by atoms with van der Waals surface area (Å²) < 4.78 is 8.06. The van der Waals surface area contributed by atoms with Gasteiger partial charge in [0.2, 0.25) is 5.75 Å². The van der Waals surface area contributed by atoms with E-state index in [1.54, 1.807) is 30.3 Å². The minimum Gasteiger partial charge on any atom is -0.450 e. The lowest BCUT2D eigenvalue weighted by Crippen LogP contribution is -2.17. The Kier molecular flexibility index (Phi) is 6.18. The van der Waals surface area contributed by atoms with Crippen LogP contribution in [-0.4, -0.2) is 24.6 Å². The second-order valence-electron chi connectivity index (χ2n) is 7.28. The van der Waals surface area contributed by atoms with Crippen molar-refractivity contribution in [2.45, 2.75) is 13.8 Å². The zero-order valence-corrected chi connectivity index (χ0v) is 19.4. The van der Waals surface area contributed by atoms with Crippen LogP contribution in [0.25, 0.3) is 11.8 Å². The Labute approximate surface area is 202 Å². The number of carbonyl (C=O) groups is 1. The Hall–Kier alpha value is -4.03. The number of nitrogens with zero attached hydrogens (tertiary/aromatic N) is 3. The van der Waals surface area contributed by atoms with Gasteiger partial charge in [-0.25, -0.2) is 0 Å². The van der Waals surface area contributed by atoms with Gasteiger partial charge in [-0.05, 0) is 61.9 Å². The molecule has 172 valence electrons. The largest absolute Gasteiger partial charge is 0.450 e. The number of benzene rings is 2. The number of hydrogen-bond donors (Lipinski definition) is 1. The fourth-order valence-electron chi connectivity index (χ4n) is 3.53. The number of hydrogen-bond acceptors (Lipinski definition) is 8. The van der Waals surface area contributed by atoms with Crippen LogP contribution < -0.4 is 10.1 Å². The van der Waals surface area contributed by atoms with Crippen molar-refractivity contribution < 1.29 is 19.4 Å². The number of nitro groups is 2. The van der Waals surface area contributed by atoms with Crippen LogP contribution in [0.3, 0.4) is 0 Å². The summed E-state index contributed by atoms with van der Waals surface area (Å²) in [6.07, 6.45) is 1.79. The van der Waals surface area contributed by atoms with Crippen molar-refractivity contribution in [1.29, 1.82) is 0 Å². The zero-order valence-electron chi connectivity index (χ0n) is 17.8. The Morgan fingerprint density at radius 1 is 1.06 bits per heavy atom. The number of rotatable bonds is 6. The summed E-state index contributed by atoms with van der Waals surface area (Å²) in [5.41, 5.74) is 2.66. The molecule has 1 aliphatic rings. The number of aromatic nitrogens is 1. The van der Waals surface area contributed by atoms with Gasteiger partial charge in [-0.2, -0.15) is 0 Å². The van der Waals surface area contributed by atoms with E-state index in [0.717, 1.165) is 34.8 Å². The first-order valence-electron chi connectivity index (χ1n) is 9.79. The molecule has 1 amide bonds. The first kappa shape index (κ1) is 23.1. The molecule has 1 fully saturated rings. The molecule has 0 atom stereocenters. The second-order valence-corrected chi connectivity index (χ2v) is 9.00. The molecule has 0 aliphatic carbocycles. The van der Waals surface area contributed by atoms with E-state index < -0.39 is 21.2 Å². The van der Waals surface area contributed by atoms with Gasteiger partial charge in [0, 0.05) is 23.1 Å². The number of non-ortho nitro benzene ring substituents is 1. The van der Waals surface area contributed by atoms with Crippen molar-refractivity contribution in [3.63, 3.8) is 0 Å². The normalized spacial score (nSPS) is 14.4. The molecule has 10 nitrogen and oxygen atoms in total. The number of thiocarbonyl (C=S) groups is 1. The molecule has 12 heteroatoms. The highest BCUT2D eigenvalue weighted by Gasteiger charge is 2.23. The van der Waals surface area contributed by atoms with Gasteiger partial charge < -0.3 is 14.6 Å². The summed E-state index contributed by atoms with van der Waals surface area (Å²) in [5, 5.41) is 24.8. The van der Waals surface area contributed by atoms with E-state index in [9.17, 15) is 25.0 Å². The third-order valence-corrected chi connectivity index (χ3v) is 6.23. The van der Waals surface area contributed by atoms with E-state index in [1.165, 1.54) is 17.8 Å². The predicted octanol–water partition coefficient (Wildman–Crippen LogP) is 5.19. The molecule has 0 spiro atoms. The van der Waals surface area contributed by atoms with Crippen molar-refractivity contribution in [2.24, 2.45) is 0 Å². The predicted molar refractivity (Wildman–Crippen MR) is 131 cm³/mol. The van der Waals surface area contributed by atoms with E-state index in [2.05, 4.69) is 5.32 Å². The fourth-order valence-corrected chi connectivity index (χ4v) is 4.57. The van der Waals surface area contributed by atoms with E-state index in [-0.39, 0.29) is 11.7 Å². The van der Waals surface area contributed by atoms with Crippen LogP contribution in [0.15, 0.2) is 53.4 Å². The fraction of sp³-hybridized carbons (Fsp3) is 0.0909. The highest BCUT2D eigenvalue weighted by Crippen LogP contribution is 2.35. The molecule has 2 aromatic carbocycles. The highest BCUT2D eigenvalue weighted by molar-refractivity contribution is 8.26. The van der Waals surface area contributed by atoms with Gasteiger partial charge in [0.1, 0.15) is 10.1 Å². The van der Waals surface area contributed by atoms with Gasteiger partial charge in [0.05, 0.1) is 20.8 Å². The molecule has 3 aromatic rings. The quantitative estimate of drug-likeness (QED) is 0.214. The molecular formula is C22H16N4O6S2. The molecule has 0 bridgehead atoms. The summed E-state index contributed by atoms with van der Waals surface area (Å²) in [6.45, 7) is 3.87. The smallest absolute Gasteiger partial charge is 0.318 e. The summed E-state index contributed by atoms with van der Waals surface area (Å²) >= 11 is 6.25. The van der Waals surface area contributed by atoms with Gasteiger partial charge in [-0.3, -0.25) is 25.0 Å². The molecule has 0 radical (unpaired) electrons. The Morgan fingerprint density at radius 2 is 1.76 bits per heavy atom. The van der Waals surface area contributed by atoms with E-state index in [1.807, 2.05) is 24.5 Å². The molecule has 2 heterocycles. The molecule has 0 unspecified atom stereocenters. The first-order valence-corrected chi connectivity index (χ1v) is 11.0. The van der Waals surface area contributed by atoms with Crippen LogP contribution >= 0.6 is 24.0 Å². The van der Waals surface area contributed by atoms with Crippen LogP contribution in [0.5, 0.6) is 11.5 Å². The van der Waals surface area contributed by atoms with E-state index in [0.29, 0.717) is 15.0 Å². The van der Waals surface area contributed by atoms with Gasteiger partial charge in [0.25, 0.3) is 11.6 Å². The molecule has 1 saturated heterocycles. The van der Waals surface area contributed by atoms with E-state index >= 15 is 0 Å². The van der Waals surface area contributed by atoms with Gasteiger partial charge >= 0.3 is 5.69 Å². The number of carbonyl (C=O) groups excluding carboxylic acids is 1. The zero-order chi connectivity index (χ0) is 24.6. The number of thioether (sulfide) groups is 1. The molecule has 1 aliphatic heterocycles. The molecular weight excluding hydrogens is 480 g/mol. The van der Waals surface area contributed by atoms with Crippen LogP contribution in [0.1, 0.15) is 17.0 Å². The van der Waals surface area contributed by atoms with Crippen molar-refractivity contribution in [3.05, 3.63) is 90.6 Å². The number of amides is 1. The summed E-state index contributed by atoms with van der Waals surface area (Å²) in [7, 11) is 0. The number of nitro benzene ring substituents is 2. The lowest BCUT2D eigenvalue weighted by molar-refractivity contribution is -0.394. The topological polar surface area (TPSA) is 130 Å². The first-order chi connectivity index (χ1) is 16.1. The molecule has 1 aromatic heterocycles. The van der Waals surface area contributed by atoms with Crippen LogP contribution in [0.2, 0.25) is 0 Å². The van der Waals surface area contributed by atoms with Crippen LogP contribution in [-0.2, 0) is 4.79 Å². The lowest BCUT2D eigenvalue weighted by atomic mass is 10.2. The molecule has 4 rings (SSSR count). The third-order valence-electron chi connectivity index (χ3n) is 5.07.